The number of anilines is 1. The number of Topliss-reactive ketones (excluding diaryl/α,β-unsaturated/α-hetero) is 1. The van der Waals surface area contributed by atoms with Crippen molar-refractivity contribution < 1.29 is 14.4 Å². The Morgan fingerprint density at radius 2 is 1.54 bits per heavy atom. The Bertz CT molecular complexity index is 614. The molecule has 130 valence electrons. The molecular weight excluding hydrogens is 304 g/mol. The number of carbonyl (C=O) groups excluding carboxylic acids is 3. The van der Waals surface area contributed by atoms with Crippen LogP contribution in [0.1, 0.15) is 63.2 Å². The lowest BCUT2D eigenvalue weighted by molar-refractivity contribution is -0.139. The smallest absolute Gasteiger partial charge is 0.239 e. The van der Waals surface area contributed by atoms with Gasteiger partial charge in [-0.2, -0.15) is 0 Å². The van der Waals surface area contributed by atoms with Crippen LogP contribution < -0.4 is 10.6 Å². The van der Waals surface area contributed by atoms with Gasteiger partial charge in [-0.3, -0.25) is 14.4 Å². The minimum absolute atomic E-state index is 0.0277. The van der Waals surface area contributed by atoms with Gasteiger partial charge in [0.2, 0.25) is 11.8 Å². The Morgan fingerprint density at radius 3 is 2.08 bits per heavy atom. The highest BCUT2D eigenvalue weighted by Gasteiger charge is 2.37. The van der Waals surface area contributed by atoms with Crippen LogP contribution in [0.4, 0.5) is 5.69 Å². The summed E-state index contributed by atoms with van der Waals surface area (Å²) in [5.74, 6) is -0.626. The molecule has 0 radical (unpaired) electrons. The van der Waals surface area contributed by atoms with E-state index in [0.29, 0.717) is 11.3 Å². The van der Waals surface area contributed by atoms with Gasteiger partial charge in [0.15, 0.2) is 5.78 Å². The normalized spacial score (nSPS) is 15.6. The number of nitrogens with one attached hydrogen (secondary N) is 2. The molecule has 1 fully saturated rings. The number of carbonyl (C=O) groups is 3. The van der Waals surface area contributed by atoms with Gasteiger partial charge in [0.1, 0.15) is 5.41 Å². The van der Waals surface area contributed by atoms with Gasteiger partial charge >= 0.3 is 0 Å². The molecule has 1 aliphatic carbocycles. The van der Waals surface area contributed by atoms with Crippen molar-refractivity contribution in [1.82, 2.24) is 5.32 Å². The Morgan fingerprint density at radius 1 is 0.958 bits per heavy atom. The van der Waals surface area contributed by atoms with Gasteiger partial charge in [0.25, 0.3) is 0 Å². The van der Waals surface area contributed by atoms with Crippen LogP contribution in [-0.4, -0.2) is 23.6 Å². The van der Waals surface area contributed by atoms with Gasteiger partial charge in [0.05, 0.1) is 0 Å². The molecule has 1 saturated carbocycles. The maximum Gasteiger partial charge on any atom is 0.239 e. The van der Waals surface area contributed by atoms with E-state index in [0.717, 1.165) is 25.7 Å². The number of ketones is 1. The van der Waals surface area contributed by atoms with E-state index >= 15 is 0 Å². The van der Waals surface area contributed by atoms with E-state index in [1.54, 1.807) is 38.1 Å². The third-order valence-electron chi connectivity index (χ3n) is 4.62. The van der Waals surface area contributed by atoms with Crippen LogP contribution in [0.2, 0.25) is 0 Å². The third-order valence-corrected chi connectivity index (χ3v) is 4.62. The summed E-state index contributed by atoms with van der Waals surface area (Å²) in [6.07, 6.45) is 5.43. The number of amides is 2. The largest absolute Gasteiger partial charge is 0.352 e. The molecule has 5 heteroatoms. The molecule has 1 aliphatic rings. The van der Waals surface area contributed by atoms with Gasteiger partial charge in [-0.15, -0.1) is 0 Å². The standard InChI is InChI=1S/C19H26N2O3/c1-13(22)14-9-11-16(12-10-14)21-18(24)19(2,3)17(23)20-15-7-5-4-6-8-15/h9-12,15H,4-8H2,1-3H3,(H,20,23)(H,21,24). The van der Waals surface area contributed by atoms with Crippen molar-refractivity contribution in [2.45, 2.75) is 58.9 Å². The molecule has 0 spiro atoms. The van der Waals surface area contributed by atoms with Crippen LogP contribution in [0, 0.1) is 5.41 Å². The van der Waals surface area contributed by atoms with E-state index in [1.807, 2.05) is 0 Å². The van der Waals surface area contributed by atoms with E-state index in [9.17, 15) is 14.4 Å². The fourth-order valence-corrected chi connectivity index (χ4v) is 2.79. The Hall–Kier alpha value is -2.17. The van der Waals surface area contributed by atoms with Gasteiger partial charge in [-0.25, -0.2) is 0 Å². The lowest BCUT2D eigenvalue weighted by Crippen LogP contribution is -2.49. The number of rotatable bonds is 5. The van der Waals surface area contributed by atoms with Gasteiger partial charge in [0, 0.05) is 17.3 Å². The van der Waals surface area contributed by atoms with Crippen LogP contribution in [0.3, 0.4) is 0 Å². The average Bonchev–Trinajstić information content (AvgIpc) is 2.56. The first-order valence-corrected chi connectivity index (χ1v) is 8.54. The predicted octanol–water partition coefficient (Wildman–Crippen LogP) is 3.30. The molecule has 24 heavy (non-hydrogen) atoms. The van der Waals surface area contributed by atoms with Crippen molar-refractivity contribution in [3.63, 3.8) is 0 Å². The van der Waals surface area contributed by atoms with Crippen molar-refractivity contribution in [1.29, 1.82) is 0 Å². The lowest BCUT2D eigenvalue weighted by atomic mass is 9.88. The second-order valence-corrected chi connectivity index (χ2v) is 7.02. The quantitative estimate of drug-likeness (QED) is 0.642. The van der Waals surface area contributed by atoms with E-state index in [-0.39, 0.29) is 23.6 Å². The number of benzene rings is 1. The SMILES string of the molecule is CC(=O)c1ccc(NC(=O)C(C)(C)C(=O)NC2CCCCC2)cc1. The first-order chi connectivity index (χ1) is 11.3. The maximum atomic E-state index is 12.5. The van der Waals surface area contributed by atoms with Crippen molar-refractivity contribution in [2.75, 3.05) is 5.32 Å². The number of hydrogen-bond donors (Lipinski definition) is 2. The summed E-state index contributed by atoms with van der Waals surface area (Å²) in [5.41, 5.74) is 0.00213. The summed E-state index contributed by atoms with van der Waals surface area (Å²) >= 11 is 0. The average molecular weight is 330 g/mol. The molecule has 0 heterocycles. The minimum atomic E-state index is -1.16. The Labute approximate surface area is 143 Å². The number of hydrogen-bond acceptors (Lipinski definition) is 3. The molecule has 5 nitrogen and oxygen atoms in total. The fourth-order valence-electron chi connectivity index (χ4n) is 2.79. The van der Waals surface area contributed by atoms with Crippen molar-refractivity contribution in [3.8, 4) is 0 Å². The van der Waals surface area contributed by atoms with Crippen LogP contribution in [-0.2, 0) is 9.59 Å². The highest BCUT2D eigenvalue weighted by molar-refractivity contribution is 6.10. The van der Waals surface area contributed by atoms with E-state index in [1.165, 1.54) is 13.3 Å². The molecule has 2 rings (SSSR count). The minimum Gasteiger partial charge on any atom is -0.352 e. The van der Waals surface area contributed by atoms with Crippen LogP contribution in [0.5, 0.6) is 0 Å². The van der Waals surface area contributed by atoms with Crippen LogP contribution in [0.15, 0.2) is 24.3 Å². The highest BCUT2D eigenvalue weighted by atomic mass is 16.2. The van der Waals surface area contributed by atoms with Crippen LogP contribution >= 0.6 is 0 Å². The molecule has 1 aromatic carbocycles. The molecule has 0 unspecified atom stereocenters. The molecule has 0 bridgehead atoms. The predicted molar refractivity (Wildman–Crippen MR) is 93.9 cm³/mol. The topological polar surface area (TPSA) is 75.3 Å². The van der Waals surface area contributed by atoms with Gasteiger partial charge in [-0.05, 0) is 57.9 Å². The zero-order valence-corrected chi connectivity index (χ0v) is 14.6. The first-order valence-electron chi connectivity index (χ1n) is 8.54. The first kappa shape index (κ1) is 18.2. The van der Waals surface area contributed by atoms with Crippen molar-refractivity contribution in [2.24, 2.45) is 5.41 Å². The Balaban J connectivity index is 1.97. The molecule has 2 N–H and O–H groups in total. The zero-order chi connectivity index (χ0) is 17.7. The summed E-state index contributed by atoms with van der Waals surface area (Å²) in [6.45, 7) is 4.75. The fraction of sp³-hybridized carbons (Fsp3) is 0.526. The third kappa shape index (κ3) is 4.43. The summed E-state index contributed by atoms with van der Waals surface area (Å²) in [7, 11) is 0. The monoisotopic (exact) mass is 330 g/mol. The molecule has 1 aromatic rings. The summed E-state index contributed by atoms with van der Waals surface area (Å²) < 4.78 is 0. The second kappa shape index (κ2) is 7.60. The maximum absolute atomic E-state index is 12.5. The van der Waals surface area contributed by atoms with Crippen LogP contribution in [0.25, 0.3) is 0 Å². The lowest BCUT2D eigenvalue weighted by Gasteiger charge is -2.28. The molecule has 0 aliphatic heterocycles. The zero-order valence-electron chi connectivity index (χ0n) is 14.6. The van der Waals surface area contributed by atoms with E-state index < -0.39 is 5.41 Å². The van der Waals surface area contributed by atoms with E-state index in [4.69, 9.17) is 0 Å². The summed E-state index contributed by atoms with van der Waals surface area (Å²) in [4.78, 5) is 36.3. The molecule has 0 saturated heterocycles. The molecule has 2 amide bonds. The second-order valence-electron chi connectivity index (χ2n) is 7.02. The van der Waals surface area contributed by atoms with Crippen molar-refractivity contribution >= 4 is 23.3 Å². The molecule has 0 aromatic heterocycles. The summed E-state index contributed by atoms with van der Waals surface area (Å²) in [5, 5.41) is 5.76. The van der Waals surface area contributed by atoms with Gasteiger partial charge < -0.3 is 10.6 Å². The van der Waals surface area contributed by atoms with Crippen molar-refractivity contribution in [3.05, 3.63) is 29.8 Å². The Kier molecular flexibility index (Phi) is 5.75. The highest BCUT2D eigenvalue weighted by Crippen LogP contribution is 2.23. The molecular formula is C19H26N2O3. The summed E-state index contributed by atoms with van der Waals surface area (Å²) in [6, 6.07) is 6.83. The van der Waals surface area contributed by atoms with Gasteiger partial charge in [-0.1, -0.05) is 19.3 Å². The molecule has 0 atom stereocenters. The van der Waals surface area contributed by atoms with E-state index in [2.05, 4.69) is 10.6 Å².